The summed E-state index contributed by atoms with van der Waals surface area (Å²) in [6.45, 7) is 0. The number of methoxy groups -OCH3 is 1. The lowest BCUT2D eigenvalue weighted by atomic mass is 10.2. The van der Waals surface area contributed by atoms with Crippen molar-refractivity contribution in [3.8, 4) is 17.1 Å². The molecule has 0 atom stereocenters. The number of halogens is 4. The van der Waals surface area contributed by atoms with Gasteiger partial charge in [0.15, 0.2) is 0 Å². The van der Waals surface area contributed by atoms with Crippen molar-refractivity contribution >= 4 is 19.7 Å². The molecule has 0 aliphatic rings. The smallest absolute Gasteiger partial charge is 0.471 e. The number of hydrogen-bond acceptors (Lipinski definition) is 6. The summed E-state index contributed by atoms with van der Waals surface area (Å²) in [6.07, 6.45) is -4.81. The molecule has 0 aliphatic carbocycles. The molecule has 2 aromatic rings. The molecule has 0 saturated heterocycles. The normalized spacial score (nSPS) is 12.4. The van der Waals surface area contributed by atoms with Crippen LogP contribution in [-0.2, 0) is 15.2 Å². The maximum absolute atomic E-state index is 12.4. The molecule has 0 aliphatic heterocycles. The minimum Gasteiger partial charge on any atom is -0.496 e. The fourth-order valence-corrected chi connectivity index (χ4v) is 2.24. The van der Waals surface area contributed by atoms with Crippen LogP contribution < -0.4 is 4.74 Å². The maximum atomic E-state index is 12.4. The van der Waals surface area contributed by atoms with Crippen molar-refractivity contribution in [3.63, 3.8) is 0 Å². The van der Waals surface area contributed by atoms with Gasteiger partial charge in [-0.2, -0.15) is 18.2 Å². The molecule has 0 N–H and O–H groups in total. The minimum absolute atomic E-state index is 0.0635. The van der Waals surface area contributed by atoms with Crippen molar-refractivity contribution in [1.29, 1.82) is 0 Å². The third kappa shape index (κ3) is 3.27. The average Bonchev–Trinajstić information content (AvgIpc) is 2.86. The molecule has 0 radical (unpaired) electrons. The number of aromatic nitrogens is 2. The first kappa shape index (κ1) is 15.6. The van der Waals surface area contributed by atoms with E-state index in [1.54, 1.807) is 0 Å². The molecular weight excluding hydrogens is 337 g/mol. The molecule has 6 nitrogen and oxygen atoms in total. The van der Waals surface area contributed by atoms with Crippen LogP contribution in [0.2, 0.25) is 0 Å². The Bertz CT molecular complexity index is 773. The summed E-state index contributed by atoms with van der Waals surface area (Å²) in [6, 6.07) is 3.34. The third-order valence-corrected chi connectivity index (χ3v) is 3.71. The van der Waals surface area contributed by atoms with Gasteiger partial charge in [-0.3, -0.25) is 0 Å². The van der Waals surface area contributed by atoms with Crippen LogP contribution in [0.1, 0.15) is 5.89 Å². The first-order valence-corrected chi connectivity index (χ1v) is 7.48. The second kappa shape index (κ2) is 5.19. The molecule has 0 unspecified atom stereocenters. The van der Waals surface area contributed by atoms with E-state index in [-0.39, 0.29) is 16.2 Å². The predicted octanol–water partition coefficient (Wildman–Crippen LogP) is 2.69. The molecule has 11 heteroatoms. The highest BCUT2D eigenvalue weighted by molar-refractivity contribution is 8.13. The summed E-state index contributed by atoms with van der Waals surface area (Å²) in [5.41, 5.74) is -0.0986. The molecule has 1 aromatic heterocycles. The minimum atomic E-state index is -4.81. The Balaban J connectivity index is 2.59. The van der Waals surface area contributed by atoms with E-state index in [4.69, 9.17) is 15.4 Å². The fraction of sp³-hybridized carbons (Fsp3) is 0.200. The summed E-state index contributed by atoms with van der Waals surface area (Å²) in [5, 5.41) is 3.16. The SMILES string of the molecule is COc1ccc(S(=O)(=O)Cl)cc1-c1noc(C(F)(F)F)n1. The van der Waals surface area contributed by atoms with Crippen LogP contribution in [0.5, 0.6) is 5.75 Å². The van der Waals surface area contributed by atoms with Gasteiger partial charge >= 0.3 is 12.1 Å². The molecule has 114 valence electrons. The summed E-state index contributed by atoms with van der Waals surface area (Å²) in [5.74, 6) is -1.96. The Labute approximate surface area is 120 Å². The van der Waals surface area contributed by atoms with Gasteiger partial charge < -0.3 is 9.26 Å². The van der Waals surface area contributed by atoms with Crippen molar-refractivity contribution in [3.05, 3.63) is 24.1 Å². The van der Waals surface area contributed by atoms with Gasteiger partial charge in [0.25, 0.3) is 9.05 Å². The Morgan fingerprint density at radius 2 is 2.00 bits per heavy atom. The number of alkyl halides is 3. The lowest BCUT2D eigenvalue weighted by Gasteiger charge is -2.06. The van der Waals surface area contributed by atoms with E-state index in [2.05, 4.69) is 14.7 Å². The highest BCUT2D eigenvalue weighted by Gasteiger charge is 2.38. The van der Waals surface area contributed by atoms with E-state index in [1.165, 1.54) is 13.2 Å². The van der Waals surface area contributed by atoms with Crippen LogP contribution in [0.25, 0.3) is 11.4 Å². The Hall–Kier alpha value is -1.81. The lowest BCUT2D eigenvalue weighted by molar-refractivity contribution is -0.159. The number of ether oxygens (including phenoxy) is 1. The van der Waals surface area contributed by atoms with E-state index in [9.17, 15) is 21.6 Å². The molecule has 21 heavy (non-hydrogen) atoms. The van der Waals surface area contributed by atoms with Gasteiger partial charge in [-0.15, -0.1) is 0 Å². The summed E-state index contributed by atoms with van der Waals surface area (Å²) < 4.78 is 68.8. The number of hydrogen-bond donors (Lipinski definition) is 0. The van der Waals surface area contributed by atoms with Crippen LogP contribution in [0.15, 0.2) is 27.6 Å². The Kier molecular flexibility index (Phi) is 3.85. The molecule has 0 amide bonds. The van der Waals surface area contributed by atoms with Crippen LogP contribution in [-0.4, -0.2) is 25.7 Å². The predicted molar refractivity (Wildman–Crippen MR) is 64.3 cm³/mol. The molecule has 0 saturated carbocycles. The highest BCUT2D eigenvalue weighted by atomic mass is 35.7. The Morgan fingerprint density at radius 3 is 2.48 bits per heavy atom. The summed E-state index contributed by atoms with van der Waals surface area (Å²) in [7, 11) is 2.36. The van der Waals surface area contributed by atoms with Gasteiger partial charge in [0.1, 0.15) is 5.75 Å². The molecule has 0 fully saturated rings. The second-order valence-corrected chi connectivity index (χ2v) is 6.29. The summed E-state index contributed by atoms with van der Waals surface area (Å²) >= 11 is 0. The van der Waals surface area contributed by atoms with Crippen molar-refractivity contribution in [2.75, 3.05) is 7.11 Å². The van der Waals surface area contributed by atoms with Gasteiger partial charge in [-0.05, 0) is 18.2 Å². The first-order valence-electron chi connectivity index (χ1n) is 5.17. The topological polar surface area (TPSA) is 82.3 Å². The average molecular weight is 343 g/mol. The van der Waals surface area contributed by atoms with Crippen molar-refractivity contribution in [2.24, 2.45) is 0 Å². The van der Waals surface area contributed by atoms with E-state index < -0.39 is 26.9 Å². The van der Waals surface area contributed by atoms with Crippen LogP contribution in [0.3, 0.4) is 0 Å². The third-order valence-electron chi connectivity index (χ3n) is 2.36. The van der Waals surface area contributed by atoms with Gasteiger partial charge in [-0.1, -0.05) is 5.16 Å². The van der Waals surface area contributed by atoms with Gasteiger partial charge in [0, 0.05) is 10.7 Å². The zero-order chi connectivity index (χ0) is 15.8. The van der Waals surface area contributed by atoms with E-state index in [1.807, 2.05) is 0 Å². The molecule has 1 heterocycles. The van der Waals surface area contributed by atoms with Crippen LogP contribution >= 0.6 is 10.7 Å². The van der Waals surface area contributed by atoms with Gasteiger partial charge in [0.05, 0.1) is 17.6 Å². The van der Waals surface area contributed by atoms with E-state index in [0.717, 1.165) is 12.1 Å². The lowest BCUT2D eigenvalue weighted by Crippen LogP contribution is -2.05. The summed E-state index contributed by atoms with van der Waals surface area (Å²) in [4.78, 5) is 2.83. The molecule has 0 spiro atoms. The quantitative estimate of drug-likeness (QED) is 0.798. The number of benzene rings is 1. The van der Waals surface area contributed by atoms with E-state index in [0.29, 0.717) is 0 Å². The molecule has 1 aromatic carbocycles. The Morgan fingerprint density at radius 1 is 1.33 bits per heavy atom. The number of rotatable bonds is 3. The van der Waals surface area contributed by atoms with Crippen molar-refractivity contribution in [2.45, 2.75) is 11.1 Å². The largest absolute Gasteiger partial charge is 0.496 e. The number of nitrogens with zero attached hydrogens (tertiary/aromatic N) is 2. The van der Waals surface area contributed by atoms with Crippen molar-refractivity contribution in [1.82, 2.24) is 10.1 Å². The van der Waals surface area contributed by atoms with Gasteiger partial charge in [-0.25, -0.2) is 8.42 Å². The standard InChI is InChI=1S/C10H6ClF3N2O4S/c1-19-7-3-2-5(21(11,17)18)4-6(7)8-15-9(20-16-8)10(12,13)14/h2-4H,1H3. The molecule has 0 bridgehead atoms. The van der Waals surface area contributed by atoms with Crippen molar-refractivity contribution < 1.29 is 30.8 Å². The second-order valence-electron chi connectivity index (χ2n) is 3.72. The zero-order valence-corrected chi connectivity index (χ0v) is 11.8. The molecule has 2 rings (SSSR count). The van der Waals surface area contributed by atoms with E-state index >= 15 is 0 Å². The highest BCUT2D eigenvalue weighted by Crippen LogP contribution is 2.34. The zero-order valence-electron chi connectivity index (χ0n) is 10.2. The van der Waals surface area contributed by atoms with Gasteiger partial charge in [0.2, 0.25) is 5.82 Å². The van der Waals surface area contributed by atoms with Crippen LogP contribution in [0.4, 0.5) is 13.2 Å². The maximum Gasteiger partial charge on any atom is 0.471 e. The van der Waals surface area contributed by atoms with Crippen LogP contribution in [0, 0.1) is 0 Å². The fourth-order valence-electron chi connectivity index (χ4n) is 1.46. The first-order chi connectivity index (χ1) is 9.63. The monoisotopic (exact) mass is 342 g/mol. The molecular formula is C10H6ClF3N2O4S.